The van der Waals surface area contributed by atoms with Crippen LogP contribution < -0.4 is 5.32 Å². The van der Waals surface area contributed by atoms with Gasteiger partial charge in [-0.25, -0.2) is 0 Å². The molecule has 20 heavy (non-hydrogen) atoms. The molecule has 2 rings (SSSR count). The molecule has 1 aliphatic rings. The summed E-state index contributed by atoms with van der Waals surface area (Å²) in [7, 11) is 0. The molecule has 2 N–H and O–H groups in total. The van der Waals surface area contributed by atoms with Crippen LogP contribution in [0.5, 0.6) is 0 Å². The molecule has 1 fully saturated rings. The van der Waals surface area contributed by atoms with Crippen molar-refractivity contribution >= 4 is 11.9 Å². The van der Waals surface area contributed by atoms with Crippen molar-refractivity contribution in [2.75, 3.05) is 0 Å². The lowest BCUT2D eigenvalue weighted by atomic mass is 9.71. The van der Waals surface area contributed by atoms with Gasteiger partial charge in [-0.3, -0.25) is 9.59 Å². The van der Waals surface area contributed by atoms with E-state index in [2.05, 4.69) is 5.32 Å². The highest BCUT2D eigenvalue weighted by molar-refractivity contribution is 5.96. The number of aryl methyl sites for hydroxylation is 1. The Morgan fingerprint density at radius 2 is 2.00 bits per heavy atom. The average Bonchev–Trinajstić information content (AvgIpc) is 2.41. The molecular weight excluding hydrogens is 254 g/mol. The predicted octanol–water partition coefficient (Wildman–Crippen LogP) is 2.76. The van der Waals surface area contributed by atoms with E-state index < -0.39 is 11.4 Å². The topological polar surface area (TPSA) is 66.4 Å². The molecule has 4 nitrogen and oxygen atoms in total. The normalized spacial score (nSPS) is 26.0. The van der Waals surface area contributed by atoms with Gasteiger partial charge in [-0.2, -0.15) is 0 Å². The second-order valence-corrected chi connectivity index (χ2v) is 5.81. The fraction of sp³-hybridized carbons (Fsp3) is 0.500. The Hall–Kier alpha value is -1.84. The summed E-state index contributed by atoms with van der Waals surface area (Å²) in [6.07, 6.45) is 3.20. The van der Waals surface area contributed by atoms with Crippen molar-refractivity contribution in [3.8, 4) is 0 Å². The van der Waals surface area contributed by atoms with Crippen molar-refractivity contribution in [1.29, 1.82) is 0 Å². The SMILES string of the molecule is Cc1ccccc1C(=O)NC1CCCCC1(C)C(=O)O. The maximum atomic E-state index is 12.3. The quantitative estimate of drug-likeness (QED) is 0.891. The highest BCUT2D eigenvalue weighted by atomic mass is 16.4. The lowest BCUT2D eigenvalue weighted by Gasteiger charge is -2.38. The first kappa shape index (κ1) is 14.6. The van der Waals surface area contributed by atoms with Gasteiger partial charge in [0.05, 0.1) is 5.41 Å². The summed E-state index contributed by atoms with van der Waals surface area (Å²) in [6, 6.07) is 7.05. The molecule has 0 saturated heterocycles. The third kappa shape index (κ3) is 2.69. The fourth-order valence-corrected chi connectivity index (χ4v) is 2.88. The molecule has 2 atom stereocenters. The third-order valence-electron chi connectivity index (χ3n) is 4.39. The molecular formula is C16H21NO3. The van der Waals surface area contributed by atoms with Crippen LogP contribution in [0.25, 0.3) is 0 Å². The van der Waals surface area contributed by atoms with E-state index in [0.717, 1.165) is 24.8 Å². The van der Waals surface area contributed by atoms with Gasteiger partial charge in [0, 0.05) is 11.6 Å². The van der Waals surface area contributed by atoms with Crippen molar-refractivity contribution in [1.82, 2.24) is 5.32 Å². The highest BCUT2D eigenvalue weighted by Gasteiger charge is 2.43. The van der Waals surface area contributed by atoms with E-state index in [-0.39, 0.29) is 11.9 Å². The van der Waals surface area contributed by atoms with E-state index in [1.54, 1.807) is 13.0 Å². The second-order valence-electron chi connectivity index (χ2n) is 5.81. The van der Waals surface area contributed by atoms with E-state index in [4.69, 9.17) is 0 Å². The minimum atomic E-state index is -0.864. The number of benzene rings is 1. The molecule has 0 radical (unpaired) electrons. The number of amides is 1. The first-order valence-electron chi connectivity index (χ1n) is 7.05. The molecule has 2 unspecified atom stereocenters. The summed E-state index contributed by atoms with van der Waals surface area (Å²) in [6.45, 7) is 3.61. The molecule has 1 aliphatic carbocycles. The number of aliphatic carboxylic acids is 1. The van der Waals surface area contributed by atoms with Crippen LogP contribution in [0.2, 0.25) is 0 Å². The van der Waals surface area contributed by atoms with Crippen molar-refractivity contribution in [3.63, 3.8) is 0 Å². The fourth-order valence-electron chi connectivity index (χ4n) is 2.88. The molecule has 0 bridgehead atoms. The number of hydrogen-bond donors (Lipinski definition) is 2. The zero-order valence-electron chi connectivity index (χ0n) is 12.0. The summed E-state index contributed by atoms with van der Waals surface area (Å²) in [4.78, 5) is 23.9. The molecule has 1 aromatic carbocycles. The molecule has 1 saturated carbocycles. The summed E-state index contributed by atoms with van der Waals surface area (Å²) < 4.78 is 0. The zero-order chi connectivity index (χ0) is 14.8. The van der Waals surface area contributed by atoms with Crippen LogP contribution in [0, 0.1) is 12.3 Å². The maximum absolute atomic E-state index is 12.3. The van der Waals surface area contributed by atoms with E-state index in [1.807, 2.05) is 25.1 Å². The van der Waals surface area contributed by atoms with E-state index in [9.17, 15) is 14.7 Å². The minimum Gasteiger partial charge on any atom is -0.481 e. The summed E-state index contributed by atoms with van der Waals surface area (Å²) in [5, 5.41) is 12.4. The van der Waals surface area contributed by atoms with Gasteiger partial charge in [0.2, 0.25) is 0 Å². The monoisotopic (exact) mass is 275 g/mol. The largest absolute Gasteiger partial charge is 0.481 e. The standard InChI is InChI=1S/C16H21NO3/c1-11-7-3-4-8-12(11)14(18)17-13-9-5-6-10-16(13,2)15(19)20/h3-4,7-8,13H,5-6,9-10H2,1-2H3,(H,17,18)(H,19,20). The van der Waals surface area contributed by atoms with Crippen molar-refractivity contribution in [2.24, 2.45) is 5.41 Å². The Bertz CT molecular complexity index is 526. The maximum Gasteiger partial charge on any atom is 0.311 e. The van der Waals surface area contributed by atoms with Gasteiger partial charge in [0.25, 0.3) is 5.91 Å². The van der Waals surface area contributed by atoms with Crippen LogP contribution in [0.15, 0.2) is 24.3 Å². The lowest BCUT2D eigenvalue weighted by molar-refractivity contribution is -0.151. The molecule has 0 heterocycles. The van der Waals surface area contributed by atoms with Crippen LogP contribution in [0.4, 0.5) is 0 Å². The van der Waals surface area contributed by atoms with E-state index in [0.29, 0.717) is 12.0 Å². The van der Waals surface area contributed by atoms with Crippen LogP contribution in [0.1, 0.15) is 48.5 Å². The van der Waals surface area contributed by atoms with Crippen molar-refractivity contribution < 1.29 is 14.7 Å². The Kier molecular flexibility index (Phi) is 4.12. The van der Waals surface area contributed by atoms with Crippen molar-refractivity contribution in [3.05, 3.63) is 35.4 Å². The smallest absolute Gasteiger partial charge is 0.311 e. The average molecular weight is 275 g/mol. The molecule has 1 amide bonds. The van der Waals surface area contributed by atoms with Gasteiger partial charge in [0.1, 0.15) is 0 Å². The minimum absolute atomic E-state index is 0.178. The molecule has 4 heteroatoms. The summed E-state index contributed by atoms with van der Waals surface area (Å²) in [5.41, 5.74) is 0.653. The number of carboxylic acids is 1. The first-order valence-corrected chi connectivity index (χ1v) is 7.05. The van der Waals surface area contributed by atoms with E-state index in [1.165, 1.54) is 0 Å². The summed E-state index contributed by atoms with van der Waals surface area (Å²) >= 11 is 0. The zero-order valence-corrected chi connectivity index (χ0v) is 12.0. The van der Waals surface area contributed by atoms with Crippen LogP contribution >= 0.6 is 0 Å². The Labute approximate surface area is 119 Å². The van der Waals surface area contributed by atoms with Gasteiger partial charge in [0.15, 0.2) is 0 Å². The molecule has 0 aliphatic heterocycles. The molecule has 0 aromatic heterocycles. The van der Waals surface area contributed by atoms with Gasteiger partial charge >= 0.3 is 5.97 Å². The van der Waals surface area contributed by atoms with E-state index >= 15 is 0 Å². The number of carbonyl (C=O) groups is 2. The predicted molar refractivity (Wildman–Crippen MR) is 76.6 cm³/mol. The number of carboxylic acid groups (broad SMARTS) is 1. The van der Waals surface area contributed by atoms with Gasteiger partial charge < -0.3 is 10.4 Å². The van der Waals surface area contributed by atoms with Crippen LogP contribution in [-0.2, 0) is 4.79 Å². The van der Waals surface area contributed by atoms with Crippen molar-refractivity contribution in [2.45, 2.75) is 45.6 Å². The molecule has 0 spiro atoms. The van der Waals surface area contributed by atoms with Crippen LogP contribution in [-0.4, -0.2) is 23.0 Å². The highest BCUT2D eigenvalue weighted by Crippen LogP contribution is 2.36. The summed E-state index contributed by atoms with van der Waals surface area (Å²) in [5.74, 6) is -1.00. The first-order chi connectivity index (χ1) is 9.45. The molecule has 108 valence electrons. The van der Waals surface area contributed by atoms with Gasteiger partial charge in [-0.15, -0.1) is 0 Å². The Morgan fingerprint density at radius 1 is 1.30 bits per heavy atom. The Balaban J connectivity index is 2.18. The number of rotatable bonds is 3. The number of nitrogens with one attached hydrogen (secondary N) is 1. The number of carbonyl (C=O) groups excluding carboxylic acids is 1. The second kappa shape index (κ2) is 5.65. The third-order valence-corrected chi connectivity index (χ3v) is 4.39. The van der Waals surface area contributed by atoms with Gasteiger partial charge in [-0.05, 0) is 38.3 Å². The lowest BCUT2D eigenvalue weighted by Crippen LogP contribution is -2.52. The number of hydrogen-bond acceptors (Lipinski definition) is 2. The van der Waals surface area contributed by atoms with Gasteiger partial charge in [-0.1, -0.05) is 31.0 Å². The molecule has 1 aromatic rings. The van der Waals surface area contributed by atoms with Crippen LogP contribution in [0.3, 0.4) is 0 Å². The Morgan fingerprint density at radius 3 is 2.65 bits per heavy atom.